The molecule has 0 aliphatic carbocycles. The lowest BCUT2D eigenvalue weighted by atomic mass is 9.90. The third kappa shape index (κ3) is 5.58. The number of amides is 1. The van der Waals surface area contributed by atoms with Gasteiger partial charge in [-0.15, -0.1) is 0 Å². The Morgan fingerprint density at radius 3 is 2.48 bits per heavy atom. The van der Waals surface area contributed by atoms with E-state index in [1.165, 1.54) is 16.7 Å². The van der Waals surface area contributed by atoms with Crippen LogP contribution in [0.3, 0.4) is 0 Å². The van der Waals surface area contributed by atoms with E-state index in [9.17, 15) is 9.59 Å². The summed E-state index contributed by atoms with van der Waals surface area (Å²) in [6.45, 7) is 7.82. The monoisotopic (exact) mass is 291 g/mol. The molecule has 0 bridgehead atoms. The molecule has 1 rings (SSSR count). The van der Waals surface area contributed by atoms with Crippen LogP contribution in [0.1, 0.15) is 43.4 Å². The van der Waals surface area contributed by atoms with Gasteiger partial charge in [0.2, 0.25) is 5.91 Å². The molecular weight excluding hydrogens is 266 g/mol. The molecule has 116 valence electrons. The average Bonchev–Trinajstić information content (AvgIpc) is 2.37. The molecule has 0 aliphatic heterocycles. The minimum Gasteiger partial charge on any atom is -0.481 e. The van der Waals surface area contributed by atoms with Gasteiger partial charge in [0.1, 0.15) is 0 Å². The summed E-state index contributed by atoms with van der Waals surface area (Å²) >= 11 is 0. The molecule has 0 saturated carbocycles. The molecule has 2 N–H and O–H groups in total. The molecule has 4 nitrogen and oxygen atoms in total. The van der Waals surface area contributed by atoms with E-state index in [2.05, 4.69) is 30.4 Å². The highest BCUT2D eigenvalue weighted by Crippen LogP contribution is 2.19. The van der Waals surface area contributed by atoms with Crippen molar-refractivity contribution in [3.63, 3.8) is 0 Å². The molecule has 0 heterocycles. The number of carbonyl (C=O) groups is 2. The highest BCUT2D eigenvalue weighted by Gasteiger charge is 2.26. The lowest BCUT2D eigenvalue weighted by molar-refractivity contribution is -0.147. The summed E-state index contributed by atoms with van der Waals surface area (Å²) in [5.74, 6) is -0.872. The second-order valence-corrected chi connectivity index (χ2v) is 6.22. The van der Waals surface area contributed by atoms with Crippen molar-refractivity contribution in [2.75, 3.05) is 6.54 Å². The number of hydrogen-bond donors (Lipinski definition) is 2. The first kappa shape index (κ1) is 17.2. The molecule has 1 aromatic rings. The van der Waals surface area contributed by atoms with E-state index in [0.29, 0.717) is 25.8 Å². The Kier molecular flexibility index (Phi) is 5.94. The SMILES string of the molecule is Cc1ccc(CCC(=O)NCCC(C)(C)C(=O)O)c(C)c1. The normalized spacial score (nSPS) is 11.2. The maximum absolute atomic E-state index is 11.8. The van der Waals surface area contributed by atoms with Gasteiger partial charge in [0.25, 0.3) is 0 Å². The zero-order valence-electron chi connectivity index (χ0n) is 13.3. The quantitative estimate of drug-likeness (QED) is 0.811. The number of carbonyl (C=O) groups excluding carboxylic acids is 1. The van der Waals surface area contributed by atoms with Gasteiger partial charge in [0.05, 0.1) is 5.41 Å². The Morgan fingerprint density at radius 1 is 1.24 bits per heavy atom. The van der Waals surface area contributed by atoms with Gasteiger partial charge in [-0.05, 0) is 51.7 Å². The van der Waals surface area contributed by atoms with Gasteiger partial charge >= 0.3 is 5.97 Å². The standard InChI is InChI=1S/C17H25NO3/c1-12-5-6-14(13(2)11-12)7-8-15(19)18-10-9-17(3,4)16(20)21/h5-6,11H,7-10H2,1-4H3,(H,18,19)(H,20,21). The third-order valence-electron chi connectivity index (χ3n) is 3.77. The van der Waals surface area contributed by atoms with Gasteiger partial charge < -0.3 is 10.4 Å². The maximum atomic E-state index is 11.8. The summed E-state index contributed by atoms with van der Waals surface area (Å²) < 4.78 is 0. The number of benzene rings is 1. The predicted octanol–water partition coefficient (Wildman–Crippen LogP) is 2.85. The molecule has 1 amide bonds. The lowest BCUT2D eigenvalue weighted by Crippen LogP contribution is -2.32. The summed E-state index contributed by atoms with van der Waals surface area (Å²) in [5.41, 5.74) is 2.80. The lowest BCUT2D eigenvalue weighted by Gasteiger charge is -2.18. The number of carboxylic acid groups (broad SMARTS) is 1. The number of carboxylic acids is 1. The molecule has 0 atom stereocenters. The molecule has 0 fully saturated rings. The number of hydrogen-bond acceptors (Lipinski definition) is 2. The molecule has 0 saturated heterocycles. The minimum atomic E-state index is -0.841. The zero-order valence-corrected chi connectivity index (χ0v) is 13.3. The summed E-state index contributed by atoms with van der Waals surface area (Å²) in [6, 6.07) is 6.23. The summed E-state index contributed by atoms with van der Waals surface area (Å²) in [7, 11) is 0. The highest BCUT2D eigenvalue weighted by molar-refractivity contribution is 5.76. The van der Waals surface area contributed by atoms with Crippen molar-refractivity contribution < 1.29 is 14.7 Å². The van der Waals surface area contributed by atoms with Crippen molar-refractivity contribution in [2.45, 2.75) is 47.0 Å². The first-order valence-electron chi connectivity index (χ1n) is 7.28. The molecule has 0 radical (unpaired) electrons. The van der Waals surface area contributed by atoms with Crippen LogP contribution < -0.4 is 5.32 Å². The van der Waals surface area contributed by atoms with Crippen molar-refractivity contribution in [3.05, 3.63) is 34.9 Å². The van der Waals surface area contributed by atoms with Gasteiger partial charge in [0.15, 0.2) is 0 Å². The van der Waals surface area contributed by atoms with Crippen LogP contribution >= 0.6 is 0 Å². The predicted molar refractivity (Wildman–Crippen MR) is 83.3 cm³/mol. The fraction of sp³-hybridized carbons (Fsp3) is 0.529. The molecule has 0 spiro atoms. The van der Waals surface area contributed by atoms with E-state index in [-0.39, 0.29) is 5.91 Å². The Morgan fingerprint density at radius 2 is 1.90 bits per heavy atom. The first-order valence-corrected chi connectivity index (χ1v) is 7.28. The Hall–Kier alpha value is -1.84. The summed E-state index contributed by atoms with van der Waals surface area (Å²) in [5, 5.41) is 11.8. The van der Waals surface area contributed by atoms with E-state index < -0.39 is 11.4 Å². The second-order valence-electron chi connectivity index (χ2n) is 6.22. The molecule has 21 heavy (non-hydrogen) atoms. The van der Waals surface area contributed by atoms with Gasteiger partial charge in [0, 0.05) is 13.0 Å². The van der Waals surface area contributed by atoms with Crippen molar-refractivity contribution in [2.24, 2.45) is 5.41 Å². The topological polar surface area (TPSA) is 66.4 Å². The molecule has 0 aromatic heterocycles. The smallest absolute Gasteiger partial charge is 0.309 e. The summed E-state index contributed by atoms with van der Waals surface area (Å²) in [6.07, 6.45) is 1.56. The fourth-order valence-corrected chi connectivity index (χ4v) is 2.08. The Labute approximate surface area is 126 Å². The van der Waals surface area contributed by atoms with Crippen LogP contribution in [0.15, 0.2) is 18.2 Å². The number of rotatable bonds is 7. The second kappa shape index (κ2) is 7.25. The molecule has 0 aliphatic rings. The van der Waals surface area contributed by atoms with Crippen molar-refractivity contribution in [3.8, 4) is 0 Å². The van der Waals surface area contributed by atoms with Gasteiger partial charge in [-0.2, -0.15) is 0 Å². The van der Waals surface area contributed by atoms with Crippen LogP contribution in [0, 0.1) is 19.3 Å². The Bertz CT molecular complexity index is 521. The van der Waals surface area contributed by atoms with Crippen LogP contribution in [-0.2, 0) is 16.0 Å². The fourth-order valence-electron chi connectivity index (χ4n) is 2.08. The number of nitrogens with one attached hydrogen (secondary N) is 1. The number of aliphatic carboxylic acids is 1. The molecule has 4 heteroatoms. The van der Waals surface area contributed by atoms with Gasteiger partial charge in [-0.3, -0.25) is 9.59 Å². The average molecular weight is 291 g/mol. The van der Waals surface area contributed by atoms with Crippen LogP contribution in [0.2, 0.25) is 0 Å². The Balaban J connectivity index is 2.36. The van der Waals surface area contributed by atoms with E-state index in [0.717, 1.165) is 0 Å². The molecule has 0 unspecified atom stereocenters. The van der Waals surface area contributed by atoms with E-state index in [1.807, 2.05) is 6.92 Å². The van der Waals surface area contributed by atoms with Crippen LogP contribution in [0.4, 0.5) is 0 Å². The van der Waals surface area contributed by atoms with E-state index >= 15 is 0 Å². The van der Waals surface area contributed by atoms with Crippen molar-refractivity contribution in [1.29, 1.82) is 0 Å². The van der Waals surface area contributed by atoms with E-state index in [1.54, 1.807) is 13.8 Å². The van der Waals surface area contributed by atoms with Gasteiger partial charge in [-0.1, -0.05) is 23.8 Å². The third-order valence-corrected chi connectivity index (χ3v) is 3.77. The van der Waals surface area contributed by atoms with Crippen LogP contribution in [0.25, 0.3) is 0 Å². The largest absolute Gasteiger partial charge is 0.481 e. The number of aryl methyl sites for hydroxylation is 3. The molecular formula is C17H25NO3. The van der Waals surface area contributed by atoms with Crippen LogP contribution in [-0.4, -0.2) is 23.5 Å². The zero-order chi connectivity index (χ0) is 16.0. The van der Waals surface area contributed by atoms with Gasteiger partial charge in [-0.25, -0.2) is 0 Å². The summed E-state index contributed by atoms with van der Waals surface area (Å²) in [4.78, 5) is 22.8. The van der Waals surface area contributed by atoms with E-state index in [4.69, 9.17) is 5.11 Å². The van der Waals surface area contributed by atoms with Crippen LogP contribution in [0.5, 0.6) is 0 Å². The maximum Gasteiger partial charge on any atom is 0.309 e. The van der Waals surface area contributed by atoms with Crippen molar-refractivity contribution in [1.82, 2.24) is 5.32 Å². The van der Waals surface area contributed by atoms with Crippen molar-refractivity contribution >= 4 is 11.9 Å². The molecule has 1 aromatic carbocycles. The first-order chi connectivity index (χ1) is 9.72. The highest BCUT2D eigenvalue weighted by atomic mass is 16.4. The minimum absolute atomic E-state index is 0.0313.